The van der Waals surface area contributed by atoms with Gasteiger partial charge in [0.1, 0.15) is 5.54 Å². The lowest BCUT2D eigenvalue weighted by molar-refractivity contribution is -0.193. The zero-order valence-electron chi connectivity index (χ0n) is 19.2. The fourth-order valence-corrected chi connectivity index (χ4v) is 4.42. The van der Waals surface area contributed by atoms with Crippen LogP contribution in [0, 0.1) is 0 Å². The Hall–Kier alpha value is -2.43. The highest BCUT2D eigenvalue weighted by molar-refractivity contribution is 7.09. The number of carbonyl (C=O) groups is 3. The number of aliphatic hydroxyl groups is 1. The van der Waals surface area contributed by atoms with Crippen LogP contribution in [0.3, 0.4) is 0 Å². The highest BCUT2D eigenvalue weighted by Gasteiger charge is 2.49. The summed E-state index contributed by atoms with van der Waals surface area (Å²) in [7, 11) is 2.07. The van der Waals surface area contributed by atoms with E-state index in [9.17, 15) is 31.1 Å². The molecule has 9 nitrogen and oxygen atoms in total. The van der Waals surface area contributed by atoms with Gasteiger partial charge in [0, 0.05) is 44.1 Å². The summed E-state index contributed by atoms with van der Waals surface area (Å²) >= 11 is 1.80. The number of β-amino-alcohol motifs (C(OH)–C–C–N with tert-alkyl or cyclic N) is 1. The minimum atomic E-state index is -5.08. The quantitative estimate of drug-likeness (QED) is 0.487. The van der Waals surface area contributed by atoms with E-state index in [2.05, 4.69) is 34.4 Å². The molecule has 3 rings (SSSR count). The fourth-order valence-electron chi connectivity index (χ4n) is 3.68. The molecule has 3 N–H and O–H groups in total. The first-order valence-electron chi connectivity index (χ1n) is 10.5. The number of carboxylic acid groups (broad SMARTS) is 2. The lowest BCUT2D eigenvalue weighted by Gasteiger charge is -2.51. The molecule has 0 aliphatic carbocycles. The van der Waals surface area contributed by atoms with Gasteiger partial charge in [-0.1, -0.05) is 6.07 Å². The van der Waals surface area contributed by atoms with Crippen LogP contribution in [0.4, 0.5) is 26.3 Å². The van der Waals surface area contributed by atoms with Gasteiger partial charge in [-0.2, -0.15) is 26.3 Å². The van der Waals surface area contributed by atoms with Crippen molar-refractivity contribution in [3.05, 3.63) is 22.4 Å². The summed E-state index contributed by atoms with van der Waals surface area (Å²) in [5.74, 6) is -5.30. The molecule has 3 heterocycles. The average Bonchev–Trinajstić information content (AvgIpc) is 3.28. The third-order valence-corrected chi connectivity index (χ3v) is 6.48. The molecule has 1 aromatic heterocycles. The standard InChI is InChI=1S/C16H25N3O2S.2C2HF3O2/c1-17-8-9-19(10-11-20)15(21)16(17)4-6-18(7-5-16)13-14-3-2-12-22-14;2*3-2(4,5)1(6)7/h2-3,12,20H,4-11,13H2,1H3;2*(H,6,7). The number of hydrogen-bond donors (Lipinski definition) is 3. The second kappa shape index (κ2) is 13.2. The van der Waals surface area contributed by atoms with Crippen LogP contribution >= 0.6 is 11.3 Å². The first-order chi connectivity index (χ1) is 16.5. The maximum Gasteiger partial charge on any atom is 0.490 e. The molecule has 2 aliphatic heterocycles. The van der Waals surface area contributed by atoms with E-state index in [4.69, 9.17) is 24.9 Å². The normalized spacial score (nSPS) is 18.7. The van der Waals surface area contributed by atoms with Crippen molar-refractivity contribution in [3.8, 4) is 0 Å². The molecule has 1 spiro atoms. The van der Waals surface area contributed by atoms with E-state index in [0.717, 1.165) is 45.6 Å². The molecular weight excluding hydrogens is 524 g/mol. The predicted molar refractivity (Wildman–Crippen MR) is 115 cm³/mol. The molecular formula is C20H27F6N3O6S. The highest BCUT2D eigenvalue weighted by atomic mass is 32.1. The summed E-state index contributed by atoms with van der Waals surface area (Å²) in [6.07, 6.45) is -8.40. The Kier molecular flexibility index (Phi) is 11.6. The number of piperidine rings is 1. The number of aliphatic carboxylic acids is 2. The second-order valence-corrected chi connectivity index (χ2v) is 8.96. The zero-order chi connectivity index (χ0) is 27.7. The van der Waals surface area contributed by atoms with Crippen molar-refractivity contribution in [3.63, 3.8) is 0 Å². The summed E-state index contributed by atoms with van der Waals surface area (Å²) in [5, 5.41) is 25.5. The number of hydrogen-bond acceptors (Lipinski definition) is 7. The largest absolute Gasteiger partial charge is 0.490 e. The van der Waals surface area contributed by atoms with Crippen molar-refractivity contribution < 1.29 is 56.0 Å². The minimum Gasteiger partial charge on any atom is -0.475 e. The summed E-state index contributed by atoms with van der Waals surface area (Å²) in [5.41, 5.74) is -0.348. The number of piperazine rings is 1. The number of likely N-dealkylation sites (tertiary alicyclic amines) is 1. The van der Waals surface area contributed by atoms with E-state index in [-0.39, 0.29) is 18.1 Å². The van der Waals surface area contributed by atoms with Crippen molar-refractivity contribution in [1.82, 2.24) is 14.7 Å². The van der Waals surface area contributed by atoms with E-state index in [0.29, 0.717) is 6.54 Å². The van der Waals surface area contributed by atoms with Crippen LogP contribution in [-0.2, 0) is 20.9 Å². The van der Waals surface area contributed by atoms with Crippen LogP contribution in [0.2, 0.25) is 0 Å². The molecule has 36 heavy (non-hydrogen) atoms. The third kappa shape index (κ3) is 9.22. The number of amides is 1. The molecule has 0 atom stereocenters. The number of aliphatic hydroxyl groups excluding tert-OH is 1. The SMILES string of the molecule is CN1CCN(CCO)C(=O)C12CCN(Cc1cccs1)CC2.O=C(O)C(F)(F)F.O=C(O)C(F)(F)F. The molecule has 0 bridgehead atoms. The van der Waals surface area contributed by atoms with Crippen LogP contribution in [0.25, 0.3) is 0 Å². The topological polar surface area (TPSA) is 122 Å². The molecule has 0 radical (unpaired) electrons. The maximum absolute atomic E-state index is 12.9. The van der Waals surface area contributed by atoms with Crippen molar-refractivity contribution in [2.24, 2.45) is 0 Å². The Labute approximate surface area is 206 Å². The third-order valence-electron chi connectivity index (χ3n) is 5.62. The Morgan fingerprint density at radius 1 is 1.00 bits per heavy atom. The van der Waals surface area contributed by atoms with Gasteiger partial charge < -0.3 is 20.2 Å². The molecule has 2 saturated heterocycles. The number of nitrogens with zero attached hydrogens (tertiary/aromatic N) is 3. The first-order valence-corrected chi connectivity index (χ1v) is 11.4. The zero-order valence-corrected chi connectivity index (χ0v) is 20.0. The van der Waals surface area contributed by atoms with Gasteiger partial charge in [-0.05, 0) is 31.3 Å². The number of likely N-dealkylation sites (N-methyl/N-ethyl adjacent to an activating group) is 1. The van der Waals surface area contributed by atoms with Gasteiger partial charge in [-0.3, -0.25) is 14.6 Å². The second-order valence-electron chi connectivity index (χ2n) is 7.93. The van der Waals surface area contributed by atoms with Gasteiger partial charge >= 0.3 is 24.3 Å². The molecule has 0 saturated carbocycles. The highest BCUT2D eigenvalue weighted by Crippen LogP contribution is 2.33. The minimum absolute atomic E-state index is 0.0516. The average molecular weight is 552 g/mol. The van der Waals surface area contributed by atoms with E-state index < -0.39 is 24.3 Å². The van der Waals surface area contributed by atoms with Gasteiger partial charge in [0.25, 0.3) is 0 Å². The van der Waals surface area contributed by atoms with Crippen LogP contribution in [-0.4, -0.2) is 112 Å². The van der Waals surface area contributed by atoms with E-state index in [1.54, 1.807) is 11.3 Å². The molecule has 1 amide bonds. The summed E-state index contributed by atoms with van der Waals surface area (Å²) in [6.45, 7) is 5.06. The van der Waals surface area contributed by atoms with Crippen molar-refractivity contribution >= 4 is 29.2 Å². The molecule has 206 valence electrons. The smallest absolute Gasteiger partial charge is 0.475 e. The van der Waals surface area contributed by atoms with Crippen molar-refractivity contribution in [2.45, 2.75) is 37.3 Å². The Morgan fingerprint density at radius 2 is 1.50 bits per heavy atom. The molecule has 0 aromatic carbocycles. The van der Waals surface area contributed by atoms with Crippen LogP contribution in [0.5, 0.6) is 0 Å². The lowest BCUT2D eigenvalue weighted by Crippen LogP contribution is -2.67. The molecule has 2 aliphatic rings. The number of carbonyl (C=O) groups excluding carboxylic acids is 1. The summed E-state index contributed by atoms with van der Waals surface area (Å²) in [4.78, 5) is 38.6. The number of thiophene rings is 1. The maximum atomic E-state index is 12.9. The number of halogens is 6. The molecule has 16 heteroatoms. The number of carboxylic acids is 2. The molecule has 1 aromatic rings. The monoisotopic (exact) mass is 551 g/mol. The Morgan fingerprint density at radius 3 is 1.89 bits per heavy atom. The van der Waals surface area contributed by atoms with Crippen molar-refractivity contribution in [2.75, 3.05) is 46.4 Å². The van der Waals surface area contributed by atoms with Crippen LogP contribution in [0.1, 0.15) is 17.7 Å². The van der Waals surface area contributed by atoms with E-state index in [1.807, 2.05) is 4.90 Å². The fraction of sp³-hybridized carbons (Fsp3) is 0.650. The predicted octanol–water partition coefficient (Wildman–Crippen LogP) is 2.12. The van der Waals surface area contributed by atoms with Crippen LogP contribution < -0.4 is 0 Å². The van der Waals surface area contributed by atoms with Gasteiger partial charge in [0.05, 0.1) is 6.61 Å². The summed E-state index contributed by atoms with van der Waals surface area (Å²) in [6, 6.07) is 4.27. The van der Waals surface area contributed by atoms with Gasteiger partial charge in [-0.15, -0.1) is 11.3 Å². The van der Waals surface area contributed by atoms with Gasteiger partial charge in [0.15, 0.2) is 0 Å². The molecule has 2 fully saturated rings. The first kappa shape index (κ1) is 31.6. The number of rotatable bonds is 4. The number of alkyl halides is 6. The Bertz CT molecular complexity index is 833. The molecule has 0 unspecified atom stereocenters. The van der Waals surface area contributed by atoms with E-state index in [1.165, 1.54) is 4.88 Å². The van der Waals surface area contributed by atoms with E-state index >= 15 is 0 Å². The van der Waals surface area contributed by atoms with Crippen molar-refractivity contribution in [1.29, 1.82) is 0 Å². The lowest BCUT2D eigenvalue weighted by atomic mass is 9.82. The Balaban J connectivity index is 0.000000383. The van der Waals surface area contributed by atoms with Crippen LogP contribution in [0.15, 0.2) is 17.5 Å². The summed E-state index contributed by atoms with van der Waals surface area (Å²) < 4.78 is 63.5. The van der Waals surface area contributed by atoms with Gasteiger partial charge in [-0.25, -0.2) is 9.59 Å². The van der Waals surface area contributed by atoms with Gasteiger partial charge in [0.2, 0.25) is 5.91 Å².